The standard InChI is InChI=1S/C25H25FN4O3/c1-32-19-6-3-7-20(21(19)26)33-18-10-8-15(9-11-18)22-23-24(27)28-12-13-30(23)25(29-22)16-4-2-5-17(31)14-16/h3,6-13,16-17,31H,2,4-5,14H2,1H3,(H2,27,28). The molecule has 7 nitrogen and oxygen atoms in total. The van der Waals surface area contributed by atoms with Crippen molar-refractivity contribution in [2.24, 2.45) is 0 Å². The number of nitrogens with two attached hydrogens (primary N) is 1. The molecule has 3 N–H and O–H groups in total. The number of benzene rings is 2. The van der Waals surface area contributed by atoms with Crippen molar-refractivity contribution in [2.75, 3.05) is 12.8 Å². The molecule has 2 aromatic heterocycles. The van der Waals surface area contributed by atoms with Crippen molar-refractivity contribution in [2.45, 2.75) is 37.7 Å². The van der Waals surface area contributed by atoms with Gasteiger partial charge < -0.3 is 20.3 Å². The van der Waals surface area contributed by atoms with Crippen LogP contribution in [0.5, 0.6) is 17.2 Å². The topological polar surface area (TPSA) is 94.9 Å². The van der Waals surface area contributed by atoms with E-state index in [-0.39, 0.29) is 23.5 Å². The number of nitrogen functional groups attached to an aromatic ring is 1. The molecule has 0 aliphatic heterocycles. The van der Waals surface area contributed by atoms with E-state index in [0.717, 1.165) is 41.9 Å². The van der Waals surface area contributed by atoms with Gasteiger partial charge in [0.05, 0.1) is 13.2 Å². The number of aromatic nitrogens is 3. The highest BCUT2D eigenvalue weighted by atomic mass is 19.1. The molecule has 8 heteroatoms. The molecule has 2 atom stereocenters. The molecule has 2 heterocycles. The maximum absolute atomic E-state index is 14.4. The van der Waals surface area contributed by atoms with Gasteiger partial charge in [0.25, 0.3) is 0 Å². The predicted octanol–water partition coefficient (Wildman–Crippen LogP) is 4.94. The number of aliphatic hydroxyl groups is 1. The van der Waals surface area contributed by atoms with Gasteiger partial charge in [-0.25, -0.2) is 9.97 Å². The van der Waals surface area contributed by atoms with Crippen LogP contribution in [-0.4, -0.2) is 32.7 Å². The van der Waals surface area contributed by atoms with Crippen molar-refractivity contribution in [3.8, 4) is 28.5 Å². The lowest BCUT2D eigenvalue weighted by Gasteiger charge is -2.24. The van der Waals surface area contributed by atoms with E-state index in [4.69, 9.17) is 20.2 Å². The highest BCUT2D eigenvalue weighted by Crippen LogP contribution is 2.37. The summed E-state index contributed by atoms with van der Waals surface area (Å²) >= 11 is 0. The molecule has 1 aliphatic carbocycles. The van der Waals surface area contributed by atoms with E-state index in [1.165, 1.54) is 13.2 Å². The molecule has 1 saturated carbocycles. The molecule has 33 heavy (non-hydrogen) atoms. The van der Waals surface area contributed by atoms with Crippen molar-refractivity contribution in [3.63, 3.8) is 0 Å². The number of methoxy groups -OCH3 is 1. The number of rotatable bonds is 5. The number of aliphatic hydroxyl groups excluding tert-OH is 1. The Morgan fingerprint density at radius 2 is 1.91 bits per heavy atom. The van der Waals surface area contributed by atoms with Gasteiger partial charge in [0.1, 0.15) is 28.6 Å². The number of ether oxygens (including phenoxy) is 2. The van der Waals surface area contributed by atoms with Gasteiger partial charge >= 0.3 is 0 Å². The van der Waals surface area contributed by atoms with E-state index in [2.05, 4.69) is 4.98 Å². The van der Waals surface area contributed by atoms with Crippen LogP contribution in [0.2, 0.25) is 0 Å². The Morgan fingerprint density at radius 1 is 1.12 bits per heavy atom. The lowest BCUT2D eigenvalue weighted by molar-refractivity contribution is 0.118. The molecule has 0 spiro atoms. The van der Waals surface area contributed by atoms with Gasteiger partial charge in [0, 0.05) is 23.9 Å². The second-order valence-electron chi connectivity index (χ2n) is 8.27. The molecular formula is C25H25FN4O3. The van der Waals surface area contributed by atoms with Crippen LogP contribution in [0.4, 0.5) is 10.2 Å². The second-order valence-corrected chi connectivity index (χ2v) is 8.27. The quantitative estimate of drug-likeness (QED) is 0.449. The normalized spacial score (nSPS) is 18.4. The first-order valence-corrected chi connectivity index (χ1v) is 11.0. The van der Waals surface area contributed by atoms with E-state index in [0.29, 0.717) is 18.0 Å². The molecule has 0 radical (unpaired) electrons. The summed E-state index contributed by atoms with van der Waals surface area (Å²) in [5, 5.41) is 10.2. The van der Waals surface area contributed by atoms with Crippen molar-refractivity contribution >= 4 is 11.3 Å². The summed E-state index contributed by atoms with van der Waals surface area (Å²) in [5.41, 5.74) is 8.54. The highest BCUT2D eigenvalue weighted by Gasteiger charge is 2.27. The summed E-state index contributed by atoms with van der Waals surface area (Å²) in [6.07, 6.45) is 6.65. The molecule has 2 aromatic carbocycles. The van der Waals surface area contributed by atoms with E-state index >= 15 is 0 Å². The van der Waals surface area contributed by atoms with Crippen LogP contribution >= 0.6 is 0 Å². The van der Waals surface area contributed by atoms with Crippen LogP contribution in [0.25, 0.3) is 16.8 Å². The largest absolute Gasteiger partial charge is 0.494 e. The minimum Gasteiger partial charge on any atom is -0.494 e. The number of halogens is 1. The molecule has 0 saturated heterocycles. The zero-order valence-corrected chi connectivity index (χ0v) is 18.2. The van der Waals surface area contributed by atoms with Crippen LogP contribution in [0.3, 0.4) is 0 Å². The Hall–Kier alpha value is -3.65. The maximum atomic E-state index is 14.4. The second kappa shape index (κ2) is 8.71. The Labute approximate surface area is 190 Å². The Kier molecular flexibility index (Phi) is 5.60. The van der Waals surface area contributed by atoms with Crippen LogP contribution in [-0.2, 0) is 0 Å². The van der Waals surface area contributed by atoms with Gasteiger partial charge in [0.2, 0.25) is 5.82 Å². The van der Waals surface area contributed by atoms with Crippen LogP contribution < -0.4 is 15.2 Å². The monoisotopic (exact) mass is 448 g/mol. The Morgan fingerprint density at radius 3 is 2.67 bits per heavy atom. The average molecular weight is 448 g/mol. The van der Waals surface area contributed by atoms with Gasteiger partial charge in [0.15, 0.2) is 11.5 Å². The number of fused-ring (bicyclic) bond motifs is 1. The van der Waals surface area contributed by atoms with E-state index in [1.54, 1.807) is 30.5 Å². The maximum Gasteiger partial charge on any atom is 0.207 e. The van der Waals surface area contributed by atoms with E-state index in [1.807, 2.05) is 22.7 Å². The molecular weight excluding hydrogens is 423 g/mol. The van der Waals surface area contributed by atoms with Gasteiger partial charge in [-0.3, -0.25) is 4.40 Å². The fraction of sp³-hybridized carbons (Fsp3) is 0.280. The SMILES string of the molecule is COc1cccc(Oc2ccc(-c3nc(C4CCCC(O)C4)n4ccnc(N)c34)cc2)c1F. The summed E-state index contributed by atoms with van der Waals surface area (Å²) < 4.78 is 27.1. The van der Waals surface area contributed by atoms with Crippen molar-refractivity contribution in [3.05, 3.63) is 66.5 Å². The molecule has 5 rings (SSSR count). The van der Waals surface area contributed by atoms with Crippen LogP contribution in [0, 0.1) is 5.82 Å². The lowest BCUT2D eigenvalue weighted by atomic mass is 9.87. The molecule has 1 aliphatic rings. The first-order valence-electron chi connectivity index (χ1n) is 11.0. The van der Waals surface area contributed by atoms with E-state index in [9.17, 15) is 9.50 Å². The molecule has 4 aromatic rings. The van der Waals surface area contributed by atoms with Crippen molar-refractivity contribution in [1.82, 2.24) is 14.4 Å². The van der Waals surface area contributed by atoms with Crippen molar-refractivity contribution < 1.29 is 19.0 Å². The minimum absolute atomic E-state index is 0.0844. The first-order chi connectivity index (χ1) is 16.0. The molecule has 0 amide bonds. The molecule has 170 valence electrons. The summed E-state index contributed by atoms with van der Waals surface area (Å²) in [6, 6.07) is 12.0. The summed E-state index contributed by atoms with van der Waals surface area (Å²) in [6.45, 7) is 0. The molecule has 0 bridgehead atoms. The predicted molar refractivity (Wildman–Crippen MR) is 123 cm³/mol. The van der Waals surface area contributed by atoms with Gasteiger partial charge in [-0.15, -0.1) is 0 Å². The third-order valence-electron chi connectivity index (χ3n) is 6.13. The number of anilines is 1. The molecule has 1 fully saturated rings. The first kappa shape index (κ1) is 21.2. The summed E-state index contributed by atoms with van der Waals surface area (Å²) in [4.78, 5) is 9.20. The zero-order chi connectivity index (χ0) is 22.9. The molecule has 2 unspecified atom stereocenters. The fourth-order valence-electron chi connectivity index (χ4n) is 4.51. The third kappa shape index (κ3) is 3.98. The van der Waals surface area contributed by atoms with E-state index < -0.39 is 5.82 Å². The van der Waals surface area contributed by atoms with Crippen LogP contribution in [0.15, 0.2) is 54.9 Å². The van der Waals surface area contributed by atoms with Gasteiger partial charge in [-0.2, -0.15) is 4.39 Å². The highest BCUT2D eigenvalue weighted by molar-refractivity contribution is 5.85. The van der Waals surface area contributed by atoms with Crippen LogP contribution in [0.1, 0.15) is 37.4 Å². The zero-order valence-electron chi connectivity index (χ0n) is 18.2. The summed E-state index contributed by atoms with van der Waals surface area (Å²) in [5.74, 6) is 1.56. The van der Waals surface area contributed by atoms with Gasteiger partial charge in [-0.05, 0) is 55.7 Å². The number of hydrogen-bond acceptors (Lipinski definition) is 6. The van der Waals surface area contributed by atoms with Crippen molar-refractivity contribution in [1.29, 1.82) is 0 Å². The third-order valence-corrected chi connectivity index (χ3v) is 6.13. The lowest BCUT2D eigenvalue weighted by Crippen LogP contribution is -2.19. The summed E-state index contributed by atoms with van der Waals surface area (Å²) in [7, 11) is 1.41. The number of imidazole rings is 1. The minimum atomic E-state index is -0.553. The smallest absolute Gasteiger partial charge is 0.207 e. The van der Waals surface area contributed by atoms with Gasteiger partial charge in [-0.1, -0.05) is 12.5 Å². The average Bonchev–Trinajstić information content (AvgIpc) is 3.22. The number of nitrogens with zero attached hydrogens (tertiary/aromatic N) is 3. The number of hydrogen-bond donors (Lipinski definition) is 2. The Bertz CT molecular complexity index is 1290. The Balaban J connectivity index is 1.49. The fourth-order valence-corrected chi connectivity index (χ4v) is 4.51.